The molecule has 1 saturated carbocycles. The van der Waals surface area contributed by atoms with Gasteiger partial charge in [-0.15, -0.1) is 0 Å². The van der Waals surface area contributed by atoms with Crippen LogP contribution in [0.25, 0.3) is 11.4 Å². The Morgan fingerprint density at radius 1 is 1.23 bits per heavy atom. The summed E-state index contributed by atoms with van der Waals surface area (Å²) in [5.41, 5.74) is 0.966. The van der Waals surface area contributed by atoms with Gasteiger partial charge in [-0.2, -0.15) is 0 Å². The molecule has 2 aromatic rings. The molecule has 0 bridgehead atoms. The second-order valence-electron chi connectivity index (χ2n) is 6.83. The first-order chi connectivity index (χ1) is 12.7. The molecule has 1 aliphatic carbocycles. The number of hydrogen-bond donors (Lipinski definition) is 2. The average molecular weight is 353 g/mol. The van der Waals surface area contributed by atoms with Crippen LogP contribution in [0.4, 0.5) is 0 Å². The predicted molar refractivity (Wildman–Crippen MR) is 97.2 cm³/mol. The standard InChI is InChI=1S/C19H23N5O2/c25-17(13-23-10-9-21-18(23)14-4-2-1-3-5-14)24-11-8-20-12-16(24)19(26)22-15-6-7-15/h1-5,9-10,15-16,20H,6-8,11-13H2,(H,22,26)/t16-/m0/s1. The molecule has 1 aromatic heterocycles. The first kappa shape index (κ1) is 16.8. The van der Waals surface area contributed by atoms with Gasteiger partial charge in [0.2, 0.25) is 11.8 Å². The molecule has 26 heavy (non-hydrogen) atoms. The zero-order valence-corrected chi connectivity index (χ0v) is 14.6. The Labute approximate surface area is 152 Å². The van der Waals surface area contributed by atoms with Gasteiger partial charge in [0.1, 0.15) is 18.4 Å². The summed E-state index contributed by atoms with van der Waals surface area (Å²) >= 11 is 0. The number of carbonyl (C=O) groups is 2. The lowest BCUT2D eigenvalue weighted by atomic mass is 10.1. The van der Waals surface area contributed by atoms with Gasteiger partial charge in [-0.3, -0.25) is 9.59 Å². The second kappa shape index (κ2) is 7.29. The number of imidazole rings is 1. The third kappa shape index (κ3) is 3.62. The van der Waals surface area contributed by atoms with Crippen molar-refractivity contribution in [1.82, 2.24) is 25.1 Å². The van der Waals surface area contributed by atoms with Crippen LogP contribution < -0.4 is 10.6 Å². The minimum Gasteiger partial charge on any atom is -0.352 e. The van der Waals surface area contributed by atoms with Gasteiger partial charge in [-0.1, -0.05) is 30.3 Å². The maximum absolute atomic E-state index is 12.9. The largest absolute Gasteiger partial charge is 0.352 e. The van der Waals surface area contributed by atoms with Crippen molar-refractivity contribution in [2.75, 3.05) is 19.6 Å². The van der Waals surface area contributed by atoms with E-state index in [2.05, 4.69) is 15.6 Å². The molecule has 136 valence electrons. The number of nitrogens with one attached hydrogen (secondary N) is 2. The monoisotopic (exact) mass is 353 g/mol. The number of carbonyl (C=O) groups excluding carboxylic acids is 2. The van der Waals surface area contributed by atoms with Gasteiger partial charge in [0.05, 0.1) is 0 Å². The van der Waals surface area contributed by atoms with Gasteiger partial charge in [-0.05, 0) is 12.8 Å². The van der Waals surface area contributed by atoms with E-state index in [4.69, 9.17) is 0 Å². The molecule has 7 heteroatoms. The Morgan fingerprint density at radius 3 is 2.81 bits per heavy atom. The summed E-state index contributed by atoms with van der Waals surface area (Å²) < 4.78 is 1.84. The van der Waals surface area contributed by atoms with Gasteiger partial charge >= 0.3 is 0 Å². The molecule has 1 atom stereocenters. The Hall–Kier alpha value is -2.67. The molecule has 2 aliphatic rings. The second-order valence-corrected chi connectivity index (χ2v) is 6.83. The smallest absolute Gasteiger partial charge is 0.244 e. The lowest BCUT2D eigenvalue weighted by molar-refractivity contribution is -0.142. The van der Waals surface area contributed by atoms with Crippen LogP contribution in [0.15, 0.2) is 42.7 Å². The molecule has 2 N–H and O–H groups in total. The van der Waals surface area contributed by atoms with Crippen LogP contribution in [0.1, 0.15) is 12.8 Å². The highest BCUT2D eigenvalue weighted by Gasteiger charge is 2.35. The van der Waals surface area contributed by atoms with Crippen LogP contribution in [0.3, 0.4) is 0 Å². The summed E-state index contributed by atoms with van der Waals surface area (Å²) in [5.74, 6) is 0.646. The van der Waals surface area contributed by atoms with Crippen molar-refractivity contribution in [2.24, 2.45) is 0 Å². The summed E-state index contributed by atoms with van der Waals surface area (Å²) in [6, 6.07) is 9.64. The van der Waals surface area contributed by atoms with Crippen LogP contribution in [0, 0.1) is 0 Å². The zero-order chi connectivity index (χ0) is 17.9. The molecule has 2 fully saturated rings. The SMILES string of the molecule is O=C(NC1CC1)[C@@H]1CNCCN1C(=O)Cn1ccnc1-c1ccccc1. The Morgan fingerprint density at radius 2 is 2.04 bits per heavy atom. The fourth-order valence-corrected chi connectivity index (χ4v) is 3.28. The molecule has 2 amide bonds. The molecule has 0 spiro atoms. The highest BCUT2D eigenvalue weighted by molar-refractivity contribution is 5.88. The van der Waals surface area contributed by atoms with E-state index < -0.39 is 6.04 Å². The molecular weight excluding hydrogens is 330 g/mol. The number of piperazine rings is 1. The Balaban J connectivity index is 1.48. The summed E-state index contributed by atoms with van der Waals surface area (Å²) in [4.78, 5) is 31.5. The quantitative estimate of drug-likeness (QED) is 0.826. The molecular formula is C19H23N5O2. The van der Waals surface area contributed by atoms with Crippen LogP contribution >= 0.6 is 0 Å². The average Bonchev–Trinajstić information content (AvgIpc) is 3.37. The summed E-state index contributed by atoms with van der Waals surface area (Å²) in [6.45, 7) is 1.92. The fourth-order valence-electron chi connectivity index (χ4n) is 3.28. The maximum atomic E-state index is 12.9. The van der Waals surface area contributed by atoms with Gasteiger partial charge in [-0.25, -0.2) is 4.98 Å². The first-order valence-electron chi connectivity index (χ1n) is 9.09. The topological polar surface area (TPSA) is 79.3 Å². The lowest BCUT2D eigenvalue weighted by Crippen LogP contribution is -2.60. The van der Waals surface area contributed by atoms with Gasteiger partial charge in [0.25, 0.3) is 0 Å². The van der Waals surface area contributed by atoms with Gasteiger partial charge < -0.3 is 20.1 Å². The number of rotatable bonds is 5. The molecule has 7 nitrogen and oxygen atoms in total. The minimum atomic E-state index is -0.444. The summed E-state index contributed by atoms with van der Waals surface area (Å²) in [5, 5.41) is 6.23. The van der Waals surface area contributed by atoms with E-state index in [-0.39, 0.29) is 18.4 Å². The van der Waals surface area contributed by atoms with Crippen molar-refractivity contribution in [3.63, 3.8) is 0 Å². The van der Waals surface area contributed by atoms with E-state index in [0.717, 1.165) is 24.2 Å². The lowest BCUT2D eigenvalue weighted by Gasteiger charge is -2.35. The number of aromatic nitrogens is 2. The highest BCUT2D eigenvalue weighted by Crippen LogP contribution is 2.20. The van der Waals surface area contributed by atoms with Crippen molar-refractivity contribution in [3.05, 3.63) is 42.7 Å². The fraction of sp³-hybridized carbons (Fsp3) is 0.421. The molecule has 0 unspecified atom stereocenters. The van der Waals surface area contributed by atoms with Crippen LogP contribution in [0.2, 0.25) is 0 Å². The third-order valence-corrected chi connectivity index (χ3v) is 4.84. The van der Waals surface area contributed by atoms with E-state index >= 15 is 0 Å². The number of amides is 2. The highest BCUT2D eigenvalue weighted by atomic mass is 16.2. The predicted octanol–water partition coefficient (Wildman–Crippen LogP) is 0.629. The summed E-state index contributed by atoms with van der Waals surface area (Å²) in [6.07, 6.45) is 5.58. The maximum Gasteiger partial charge on any atom is 0.244 e. The minimum absolute atomic E-state index is 0.0537. The van der Waals surface area contributed by atoms with E-state index in [1.54, 1.807) is 11.1 Å². The van der Waals surface area contributed by atoms with E-state index in [9.17, 15) is 9.59 Å². The third-order valence-electron chi connectivity index (χ3n) is 4.84. The molecule has 4 rings (SSSR count). The first-order valence-corrected chi connectivity index (χ1v) is 9.09. The van der Waals surface area contributed by atoms with Crippen molar-refractivity contribution in [2.45, 2.75) is 31.5 Å². The molecule has 1 aromatic carbocycles. The van der Waals surface area contributed by atoms with Gasteiger partial charge in [0.15, 0.2) is 0 Å². The Kier molecular flexibility index (Phi) is 4.71. The van der Waals surface area contributed by atoms with Crippen molar-refractivity contribution in [3.8, 4) is 11.4 Å². The molecule has 0 radical (unpaired) electrons. The zero-order valence-electron chi connectivity index (χ0n) is 14.6. The van der Waals surface area contributed by atoms with Crippen molar-refractivity contribution < 1.29 is 9.59 Å². The van der Waals surface area contributed by atoms with Crippen LogP contribution in [-0.4, -0.2) is 58.0 Å². The number of nitrogens with zero attached hydrogens (tertiary/aromatic N) is 3. The van der Waals surface area contributed by atoms with Crippen molar-refractivity contribution >= 4 is 11.8 Å². The van der Waals surface area contributed by atoms with E-state index in [0.29, 0.717) is 25.7 Å². The van der Waals surface area contributed by atoms with Crippen LogP contribution in [-0.2, 0) is 16.1 Å². The van der Waals surface area contributed by atoms with Crippen molar-refractivity contribution in [1.29, 1.82) is 0 Å². The summed E-state index contributed by atoms with van der Waals surface area (Å²) in [7, 11) is 0. The van der Waals surface area contributed by atoms with Crippen LogP contribution in [0.5, 0.6) is 0 Å². The molecule has 1 saturated heterocycles. The molecule has 1 aliphatic heterocycles. The van der Waals surface area contributed by atoms with E-state index in [1.807, 2.05) is 41.1 Å². The number of benzene rings is 1. The van der Waals surface area contributed by atoms with Gasteiger partial charge in [0, 0.05) is 43.6 Å². The Bertz CT molecular complexity index is 784. The van der Waals surface area contributed by atoms with E-state index in [1.165, 1.54) is 0 Å². The molecule has 2 heterocycles. The number of hydrogen-bond acceptors (Lipinski definition) is 4. The normalized spacial score (nSPS) is 20.0.